The Kier molecular flexibility index (Phi) is 3.43. The van der Waals surface area contributed by atoms with Crippen LogP contribution in [0.3, 0.4) is 0 Å². The molecule has 0 spiro atoms. The van der Waals surface area contributed by atoms with Crippen LogP contribution >= 0.6 is 15.9 Å². The van der Waals surface area contributed by atoms with Crippen molar-refractivity contribution in [2.45, 2.75) is 12.8 Å². The molecule has 1 nitrogen and oxygen atoms in total. The minimum atomic E-state index is 0.161. The molecule has 1 radical (unpaired) electrons. The molecule has 0 aliphatic rings. The third-order valence-electron chi connectivity index (χ3n) is 1.55. The largest absolute Gasteiger partial charge is 0.290 e. The van der Waals surface area contributed by atoms with Gasteiger partial charge in [-0.25, -0.2) is 0 Å². The van der Waals surface area contributed by atoms with Crippen molar-refractivity contribution in [1.29, 1.82) is 0 Å². The van der Waals surface area contributed by atoms with Gasteiger partial charge in [0, 0.05) is 5.33 Å². The summed E-state index contributed by atoms with van der Waals surface area (Å²) in [7, 11) is 0. The van der Waals surface area contributed by atoms with E-state index in [-0.39, 0.29) is 5.75 Å². The summed E-state index contributed by atoms with van der Waals surface area (Å²) in [6.45, 7) is 0. The van der Waals surface area contributed by atoms with Crippen LogP contribution in [0.2, 0.25) is 0 Å². The van der Waals surface area contributed by atoms with Crippen LogP contribution < -0.4 is 0 Å². The molecule has 0 N–H and O–H groups in total. The average molecular weight is 214 g/mol. The number of alkyl halides is 1. The molecule has 0 aliphatic heterocycles. The van der Waals surface area contributed by atoms with Crippen LogP contribution in [0.5, 0.6) is 5.75 Å². The van der Waals surface area contributed by atoms with Crippen molar-refractivity contribution in [2.24, 2.45) is 0 Å². The topological polar surface area (TPSA) is 19.9 Å². The monoisotopic (exact) mass is 213 g/mol. The van der Waals surface area contributed by atoms with Crippen LogP contribution in [0.25, 0.3) is 0 Å². The SMILES string of the molecule is [O]c1ccccc1CCCBr. The zero-order valence-corrected chi connectivity index (χ0v) is 7.80. The highest BCUT2D eigenvalue weighted by Crippen LogP contribution is 2.18. The molecule has 2 heteroatoms. The fourth-order valence-electron chi connectivity index (χ4n) is 0.968. The molecule has 1 aromatic carbocycles. The van der Waals surface area contributed by atoms with Gasteiger partial charge in [-0.15, -0.1) is 0 Å². The second-order valence-corrected chi connectivity index (χ2v) is 3.19. The summed E-state index contributed by atoms with van der Waals surface area (Å²) >= 11 is 3.33. The van der Waals surface area contributed by atoms with Gasteiger partial charge in [-0.2, -0.15) is 0 Å². The second-order valence-electron chi connectivity index (χ2n) is 2.40. The molecule has 0 saturated carbocycles. The summed E-state index contributed by atoms with van der Waals surface area (Å²) in [6.07, 6.45) is 1.91. The molecule has 59 valence electrons. The van der Waals surface area contributed by atoms with Crippen LogP contribution in [0, 0.1) is 0 Å². The lowest BCUT2D eigenvalue weighted by atomic mass is 10.1. The Hall–Kier alpha value is -0.500. The maximum atomic E-state index is 11.1. The summed E-state index contributed by atoms with van der Waals surface area (Å²) in [6, 6.07) is 7.19. The molecule has 0 unspecified atom stereocenters. The molecule has 0 bridgehead atoms. The smallest absolute Gasteiger partial charge is 0.181 e. The fraction of sp³-hybridized carbons (Fsp3) is 0.333. The van der Waals surface area contributed by atoms with Gasteiger partial charge in [0.15, 0.2) is 5.75 Å². The van der Waals surface area contributed by atoms with Gasteiger partial charge >= 0.3 is 0 Å². The van der Waals surface area contributed by atoms with Crippen molar-refractivity contribution < 1.29 is 5.11 Å². The Labute approximate surface area is 75.2 Å². The van der Waals surface area contributed by atoms with E-state index >= 15 is 0 Å². The zero-order chi connectivity index (χ0) is 8.10. The minimum Gasteiger partial charge on any atom is -0.290 e. The Morgan fingerprint density at radius 3 is 2.64 bits per heavy atom. The number of halogens is 1. The Morgan fingerprint density at radius 1 is 1.27 bits per heavy atom. The first-order valence-electron chi connectivity index (χ1n) is 3.65. The van der Waals surface area contributed by atoms with Crippen LogP contribution in [0.15, 0.2) is 24.3 Å². The summed E-state index contributed by atoms with van der Waals surface area (Å²) in [5.41, 5.74) is 0.923. The minimum absolute atomic E-state index is 0.161. The lowest BCUT2D eigenvalue weighted by Crippen LogP contribution is -1.85. The molecule has 0 saturated heterocycles. The van der Waals surface area contributed by atoms with E-state index in [4.69, 9.17) is 0 Å². The van der Waals surface area contributed by atoms with Gasteiger partial charge in [-0.1, -0.05) is 34.1 Å². The van der Waals surface area contributed by atoms with Gasteiger partial charge in [-0.05, 0) is 24.5 Å². The van der Waals surface area contributed by atoms with Crippen LogP contribution in [-0.4, -0.2) is 5.33 Å². The third-order valence-corrected chi connectivity index (χ3v) is 2.11. The van der Waals surface area contributed by atoms with Crippen LogP contribution in [-0.2, 0) is 11.5 Å². The van der Waals surface area contributed by atoms with E-state index < -0.39 is 0 Å². The van der Waals surface area contributed by atoms with Gasteiger partial charge in [0.1, 0.15) is 0 Å². The normalized spacial score (nSPS) is 9.91. The summed E-state index contributed by atoms with van der Waals surface area (Å²) < 4.78 is 0. The van der Waals surface area contributed by atoms with Crippen molar-refractivity contribution in [3.8, 4) is 5.75 Å². The number of hydrogen-bond acceptors (Lipinski definition) is 0. The van der Waals surface area contributed by atoms with Gasteiger partial charge in [0.2, 0.25) is 0 Å². The van der Waals surface area contributed by atoms with Crippen molar-refractivity contribution >= 4 is 15.9 Å². The van der Waals surface area contributed by atoms with Gasteiger partial charge in [0.25, 0.3) is 0 Å². The van der Waals surface area contributed by atoms with E-state index in [0.717, 1.165) is 23.7 Å². The maximum Gasteiger partial charge on any atom is 0.181 e. The van der Waals surface area contributed by atoms with Gasteiger partial charge in [0.05, 0.1) is 0 Å². The summed E-state index contributed by atoms with van der Waals surface area (Å²) in [4.78, 5) is 0. The van der Waals surface area contributed by atoms with E-state index in [0.29, 0.717) is 0 Å². The molecule has 0 aliphatic carbocycles. The molecule has 0 heterocycles. The van der Waals surface area contributed by atoms with Crippen molar-refractivity contribution in [3.63, 3.8) is 0 Å². The molecule has 0 aromatic heterocycles. The van der Waals surface area contributed by atoms with Crippen LogP contribution in [0.4, 0.5) is 0 Å². The molecule has 11 heavy (non-hydrogen) atoms. The van der Waals surface area contributed by atoms with Crippen molar-refractivity contribution in [1.82, 2.24) is 0 Å². The van der Waals surface area contributed by atoms with Gasteiger partial charge < -0.3 is 0 Å². The Morgan fingerprint density at radius 2 is 2.00 bits per heavy atom. The molecule has 1 rings (SSSR count). The zero-order valence-electron chi connectivity index (χ0n) is 6.22. The molecule has 0 fully saturated rings. The van der Waals surface area contributed by atoms with E-state index in [1.807, 2.05) is 12.1 Å². The first-order valence-corrected chi connectivity index (χ1v) is 4.77. The number of para-hydroxylation sites is 1. The predicted molar refractivity (Wildman–Crippen MR) is 48.7 cm³/mol. The van der Waals surface area contributed by atoms with E-state index in [2.05, 4.69) is 15.9 Å². The first kappa shape index (κ1) is 8.60. The average Bonchev–Trinajstić information content (AvgIpc) is 2.03. The standard InChI is InChI=1S/C9H10BrO/c10-7-3-5-8-4-1-2-6-9(8)11/h1-2,4,6H,3,5,7H2. The Bertz CT molecular complexity index is 223. The number of rotatable bonds is 3. The number of aryl methyl sites for hydroxylation is 1. The maximum absolute atomic E-state index is 11.1. The lowest BCUT2D eigenvalue weighted by Gasteiger charge is -1.98. The van der Waals surface area contributed by atoms with E-state index in [1.165, 1.54) is 0 Å². The molecule has 0 amide bonds. The highest BCUT2D eigenvalue weighted by atomic mass is 79.9. The lowest BCUT2D eigenvalue weighted by molar-refractivity contribution is 0.350. The quantitative estimate of drug-likeness (QED) is 0.688. The Balaban J connectivity index is 2.62. The third kappa shape index (κ3) is 2.54. The fourth-order valence-corrected chi connectivity index (χ4v) is 1.25. The second kappa shape index (κ2) is 4.39. The molecule has 1 aromatic rings. The van der Waals surface area contributed by atoms with E-state index in [1.54, 1.807) is 12.1 Å². The molecular formula is C9H10BrO. The summed E-state index contributed by atoms with van der Waals surface area (Å²) in [5.74, 6) is 0.161. The number of hydrogen-bond donors (Lipinski definition) is 0. The molecule has 0 atom stereocenters. The van der Waals surface area contributed by atoms with Crippen molar-refractivity contribution in [2.75, 3.05) is 5.33 Å². The highest BCUT2D eigenvalue weighted by molar-refractivity contribution is 9.09. The number of benzene rings is 1. The molecular weight excluding hydrogens is 204 g/mol. The van der Waals surface area contributed by atoms with Crippen molar-refractivity contribution in [3.05, 3.63) is 29.8 Å². The predicted octanol–water partition coefficient (Wildman–Crippen LogP) is 3.16. The van der Waals surface area contributed by atoms with E-state index in [9.17, 15) is 5.11 Å². The van der Waals surface area contributed by atoms with Gasteiger partial charge in [-0.3, -0.25) is 5.11 Å². The van der Waals surface area contributed by atoms with Crippen LogP contribution in [0.1, 0.15) is 12.0 Å². The summed E-state index contributed by atoms with van der Waals surface area (Å²) in [5, 5.41) is 12.1. The highest BCUT2D eigenvalue weighted by Gasteiger charge is 1.99. The first-order chi connectivity index (χ1) is 5.34.